The Hall–Kier alpha value is -2.27. The number of aromatic nitrogens is 1. The van der Waals surface area contributed by atoms with Crippen LogP contribution in [0, 0.1) is 0 Å². The predicted octanol–water partition coefficient (Wildman–Crippen LogP) is 2.67. The van der Waals surface area contributed by atoms with Crippen molar-refractivity contribution in [2.24, 2.45) is 7.05 Å². The zero-order valence-electron chi connectivity index (χ0n) is 13.6. The quantitative estimate of drug-likeness (QED) is 0.840. The molecule has 1 saturated heterocycles. The number of aryl methyl sites for hydroxylation is 1. The van der Waals surface area contributed by atoms with E-state index in [2.05, 4.69) is 0 Å². The number of carbonyl (C=O) groups is 2. The monoisotopic (exact) mass is 345 g/mol. The molecule has 1 aromatic carbocycles. The normalized spacial score (nSPS) is 15.2. The third-order valence-corrected chi connectivity index (χ3v) is 4.49. The first kappa shape index (κ1) is 16.6. The van der Waals surface area contributed by atoms with Crippen LogP contribution in [0.15, 0.2) is 42.7 Å². The van der Waals surface area contributed by atoms with Crippen molar-refractivity contribution < 1.29 is 9.59 Å². The maximum Gasteiger partial charge on any atom is 0.255 e. The summed E-state index contributed by atoms with van der Waals surface area (Å²) in [5.41, 5.74) is 1.32. The van der Waals surface area contributed by atoms with Crippen molar-refractivity contribution in [2.75, 3.05) is 26.2 Å². The van der Waals surface area contributed by atoms with Crippen molar-refractivity contribution >= 4 is 23.4 Å². The maximum atomic E-state index is 12.6. The third kappa shape index (κ3) is 3.62. The first-order valence-electron chi connectivity index (χ1n) is 8.01. The average Bonchev–Trinajstić information content (AvgIpc) is 2.87. The van der Waals surface area contributed by atoms with Crippen LogP contribution in [0.2, 0.25) is 5.02 Å². The maximum absolute atomic E-state index is 12.6. The molecule has 1 aliphatic rings. The van der Waals surface area contributed by atoms with Crippen molar-refractivity contribution in [3.8, 4) is 0 Å². The molecule has 2 aromatic rings. The summed E-state index contributed by atoms with van der Waals surface area (Å²) in [6, 6.07) is 8.74. The Kier molecular flexibility index (Phi) is 4.90. The minimum Gasteiger partial charge on any atom is -0.356 e. The summed E-state index contributed by atoms with van der Waals surface area (Å²) >= 11 is 5.87. The van der Waals surface area contributed by atoms with Gasteiger partial charge in [0.1, 0.15) is 0 Å². The Bertz CT molecular complexity index is 739. The summed E-state index contributed by atoms with van der Waals surface area (Å²) in [7, 11) is 1.89. The van der Waals surface area contributed by atoms with Crippen molar-refractivity contribution in [1.82, 2.24) is 14.4 Å². The fourth-order valence-electron chi connectivity index (χ4n) is 2.91. The molecular weight excluding hydrogens is 326 g/mol. The molecule has 0 unspecified atom stereocenters. The molecule has 2 heterocycles. The van der Waals surface area contributed by atoms with Gasteiger partial charge >= 0.3 is 0 Å². The van der Waals surface area contributed by atoms with Crippen LogP contribution in [-0.4, -0.2) is 52.4 Å². The van der Waals surface area contributed by atoms with E-state index in [9.17, 15) is 9.59 Å². The van der Waals surface area contributed by atoms with Gasteiger partial charge < -0.3 is 14.4 Å². The number of carbonyl (C=O) groups excluding carboxylic acids is 2. The molecule has 0 bridgehead atoms. The number of amides is 2. The van der Waals surface area contributed by atoms with Gasteiger partial charge in [0, 0.05) is 56.2 Å². The van der Waals surface area contributed by atoms with Gasteiger partial charge in [-0.2, -0.15) is 0 Å². The van der Waals surface area contributed by atoms with E-state index in [4.69, 9.17) is 11.6 Å². The Labute approximate surface area is 146 Å². The highest BCUT2D eigenvalue weighted by atomic mass is 35.5. The average molecular weight is 346 g/mol. The molecule has 0 radical (unpaired) electrons. The molecule has 126 valence electrons. The fourth-order valence-corrected chi connectivity index (χ4v) is 3.04. The lowest BCUT2D eigenvalue weighted by atomic mass is 10.2. The zero-order chi connectivity index (χ0) is 17.1. The summed E-state index contributed by atoms with van der Waals surface area (Å²) in [5.74, 6) is 0.0112. The first-order valence-corrected chi connectivity index (χ1v) is 8.38. The van der Waals surface area contributed by atoms with Gasteiger partial charge in [-0.1, -0.05) is 11.6 Å². The van der Waals surface area contributed by atoms with E-state index in [1.165, 1.54) is 0 Å². The highest BCUT2D eigenvalue weighted by molar-refractivity contribution is 6.30. The van der Waals surface area contributed by atoms with Crippen LogP contribution >= 0.6 is 11.6 Å². The Morgan fingerprint density at radius 3 is 2.00 bits per heavy atom. The number of hydrogen-bond acceptors (Lipinski definition) is 2. The van der Waals surface area contributed by atoms with E-state index in [1.807, 2.05) is 39.9 Å². The number of benzene rings is 1. The van der Waals surface area contributed by atoms with Gasteiger partial charge in [0.15, 0.2) is 0 Å². The second kappa shape index (κ2) is 7.09. The highest BCUT2D eigenvalue weighted by Crippen LogP contribution is 2.14. The molecule has 1 fully saturated rings. The summed E-state index contributed by atoms with van der Waals surface area (Å²) in [6.07, 6.45) is 4.46. The third-order valence-electron chi connectivity index (χ3n) is 4.24. The minimum atomic E-state index is -0.0133. The molecule has 0 N–H and O–H groups in total. The summed E-state index contributed by atoms with van der Waals surface area (Å²) < 4.78 is 1.86. The molecule has 2 amide bonds. The zero-order valence-corrected chi connectivity index (χ0v) is 14.4. The van der Waals surface area contributed by atoms with Crippen LogP contribution in [-0.2, 0) is 7.05 Å². The standard InChI is InChI=1S/C18H20ClN3O2/c1-20-10-7-15(13-20)18(24)22-9-2-8-21(11-12-22)17(23)14-3-5-16(19)6-4-14/h3-7,10,13H,2,8-9,11-12H2,1H3. The van der Waals surface area contributed by atoms with Crippen molar-refractivity contribution in [3.63, 3.8) is 0 Å². The molecule has 0 spiro atoms. The van der Waals surface area contributed by atoms with Gasteiger partial charge in [0.25, 0.3) is 11.8 Å². The lowest BCUT2D eigenvalue weighted by Crippen LogP contribution is -2.37. The first-order chi connectivity index (χ1) is 11.5. The molecule has 3 rings (SSSR count). The minimum absolute atomic E-state index is 0.0133. The Balaban J connectivity index is 1.65. The summed E-state index contributed by atoms with van der Waals surface area (Å²) in [5, 5.41) is 0.613. The van der Waals surface area contributed by atoms with Gasteiger partial charge in [0.2, 0.25) is 0 Å². The van der Waals surface area contributed by atoms with Gasteiger partial charge in [0.05, 0.1) is 5.56 Å². The van der Waals surface area contributed by atoms with Crippen LogP contribution in [0.5, 0.6) is 0 Å². The molecule has 1 aliphatic heterocycles. The predicted molar refractivity (Wildman–Crippen MR) is 93.3 cm³/mol. The lowest BCUT2D eigenvalue weighted by Gasteiger charge is -2.22. The summed E-state index contributed by atoms with van der Waals surface area (Å²) in [6.45, 7) is 2.41. The van der Waals surface area contributed by atoms with Crippen molar-refractivity contribution in [2.45, 2.75) is 6.42 Å². The van der Waals surface area contributed by atoms with E-state index in [1.54, 1.807) is 24.3 Å². The van der Waals surface area contributed by atoms with Crippen LogP contribution in [0.4, 0.5) is 0 Å². The van der Waals surface area contributed by atoms with Gasteiger partial charge in [-0.25, -0.2) is 0 Å². The number of rotatable bonds is 2. The molecular formula is C18H20ClN3O2. The molecule has 0 saturated carbocycles. The molecule has 1 aromatic heterocycles. The smallest absolute Gasteiger partial charge is 0.255 e. The van der Waals surface area contributed by atoms with E-state index in [0.717, 1.165) is 6.42 Å². The van der Waals surface area contributed by atoms with Gasteiger partial charge in [-0.3, -0.25) is 9.59 Å². The van der Waals surface area contributed by atoms with E-state index >= 15 is 0 Å². The van der Waals surface area contributed by atoms with E-state index < -0.39 is 0 Å². The van der Waals surface area contributed by atoms with E-state index in [0.29, 0.717) is 42.3 Å². The van der Waals surface area contributed by atoms with Crippen LogP contribution in [0.25, 0.3) is 0 Å². The van der Waals surface area contributed by atoms with Crippen LogP contribution < -0.4 is 0 Å². The second-order valence-electron chi connectivity index (χ2n) is 6.01. The Morgan fingerprint density at radius 2 is 1.46 bits per heavy atom. The highest BCUT2D eigenvalue weighted by Gasteiger charge is 2.23. The molecule has 24 heavy (non-hydrogen) atoms. The molecule has 0 aliphatic carbocycles. The van der Waals surface area contributed by atoms with Crippen LogP contribution in [0.1, 0.15) is 27.1 Å². The van der Waals surface area contributed by atoms with Crippen LogP contribution in [0.3, 0.4) is 0 Å². The fraction of sp³-hybridized carbons (Fsp3) is 0.333. The second-order valence-corrected chi connectivity index (χ2v) is 6.45. The summed E-state index contributed by atoms with van der Waals surface area (Å²) in [4.78, 5) is 28.8. The Morgan fingerprint density at radius 1 is 0.875 bits per heavy atom. The SMILES string of the molecule is Cn1ccc(C(=O)N2CCCN(C(=O)c3ccc(Cl)cc3)CC2)c1. The molecule has 6 heteroatoms. The largest absolute Gasteiger partial charge is 0.356 e. The van der Waals surface area contributed by atoms with Crippen molar-refractivity contribution in [3.05, 3.63) is 58.9 Å². The molecule has 5 nitrogen and oxygen atoms in total. The van der Waals surface area contributed by atoms with E-state index in [-0.39, 0.29) is 11.8 Å². The van der Waals surface area contributed by atoms with Gasteiger partial charge in [-0.15, -0.1) is 0 Å². The lowest BCUT2D eigenvalue weighted by molar-refractivity contribution is 0.0719. The van der Waals surface area contributed by atoms with Crippen molar-refractivity contribution in [1.29, 1.82) is 0 Å². The number of hydrogen-bond donors (Lipinski definition) is 0. The molecule has 0 atom stereocenters. The number of halogens is 1. The number of nitrogens with zero attached hydrogens (tertiary/aromatic N) is 3. The van der Waals surface area contributed by atoms with Gasteiger partial charge in [-0.05, 0) is 36.8 Å². The topological polar surface area (TPSA) is 45.6 Å².